The van der Waals surface area contributed by atoms with Gasteiger partial charge in [-0.25, -0.2) is 0 Å². The molecule has 2 aliphatic rings. The third-order valence-electron chi connectivity index (χ3n) is 12.6. The molecule has 46 heavy (non-hydrogen) atoms. The molecule has 2 heteroatoms. The second kappa shape index (κ2) is 9.76. The number of rotatable bonds is 6. The zero-order chi connectivity index (χ0) is 33.4. The molecule has 0 saturated carbocycles. The van der Waals surface area contributed by atoms with Gasteiger partial charge in [-0.15, -0.1) is 0 Å². The summed E-state index contributed by atoms with van der Waals surface area (Å²) in [6, 6.07) is 32.9. The molecular weight excluding hydrogens is 735 g/mol. The summed E-state index contributed by atoms with van der Waals surface area (Å²) < 4.78 is 10.6. The fourth-order valence-corrected chi connectivity index (χ4v) is 51.3. The molecule has 0 saturated heterocycles. The molecule has 240 valence electrons. The van der Waals surface area contributed by atoms with Gasteiger partial charge in [-0.3, -0.25) is 0 Å². The molecule has 4 aromatic rings. The van der Waals surface area contributed by atoms with Crippen molar-refractivity contribution in [2.75, 3.05) is 0 Å². The van der Waals surface area contributed by atoms with E-state index < -0.39 is 14.2 Å². The number of benzene rings is 4. The Balaban J connectivity index is 1.49. The first-order valence-electron chi connectivity index (χ1n) is 17.6. The van der Waals surface area contributed by atoms with Crippen LogP contribution in [0.4, 0.5) is 0 Å². The van der Waals surface area contributed by atoms with E-state index in [9.17, 15) is 0 Å². The molecule has 0 nitrogen and oxygen atoms in total. The van der Waals surface area contributed by atoms with Gasteiger partial charge in [-0.1, -0.05) is 0 Å². The van der Waals surface area contributed by atoms with Crippen molar-refractivity contribution in [3.05, 3.63) is 130 Å². The van der Waals surface area contributed by atoms with E-state index >= 15 is 0 Å². The molecule has 0 fully saturated rings. The van der Waals surface area contributed by atoms with Gasteiger partial charge in [0.25, 0.3) is 0 Å². The van der Waals surface area contributed by atoms with Crippen LogP contribution in [0.2, 0.25) is 18.2 Å². The standard InChI is InChI=1S/2C19H19.C3H7.3CH3.Hf.H2Si/c2*1-19(2,3)16-12-10-15(11-13-16)18-9-5-7-14-6-4-8-17(14)18;1-3-2;;;;;/h2*4-13H,1-3H3;1,3H2,2H3;3*1H3;;1H2. The van der Waals surface area contributed by atoms with Crippen LogP contribution in [0.1, 0.15) is 95.6 Å². The van der Waals surface area contributed by atoms with E-state index in [0.717, 1.165) is 0 Å². The summed E-state index contributed by atoms with van der Waals surface area (Å²) in [6.45, 7) is 18.7. The van der Waals surface area contributed by atoms with Gasteiger partial charge >= 0.3 is 277 Å². The fraction of sp³-hybridized carbons (Fsp3) is 0.364. The van der Waals surface area contributed by atoms with Crippen LogP contribution in [0.25, 0.3) is 34.4 Å². The van der Waals surface area contributed by atoms with Crippen LogP contribution in [-0.4, -0.2) is 6.94 Å². The molecule has 2 aliphatic carbocycles. The molecule has 0 heterocycles. The Labute approximate surface area is 275 Å². The molecule has 2 atom stereocenters. The Hall–Kier alpha value is -2.55. The predicted molar refractivity (Wildman–Crippen MR) is 206 cm³/mol. The zero-order valence-corrected chi connectivity index (χ0v) is 35.2. The van der Waals surface area contributed by atoms with Crippen molar-refractivity contribution in [2.45, 2.75) is 91.3 Å². The molecule has 0 bridgehead atoms. The maximum atomic E-state index is 2.82. The molecule has 6 rings (SSSR count). The Morgan fingerprint density at radius 3 is 1.26 bits per heavy atom. The van der Waals surface area contributed by atoms with Crippen LogP contribution in [-0.2, 0) is 25.0 Å². The minimum absolute atomic E-state index is 0.150. The normalized spacial score (nSPS) is 20.0. The van der Waals surface area contributed by atoms with E-state index in [2.05, 4.69) is 179 Å². The van der Waals surface area contributed by atoms with Crippen molar-refractivity contribution in [1.82, 2.24) is 0 Å². The molecule has 4 aromatic carbocycles. The Morgan fingerprint density at radius 2 is 0.935 bits per heavy atom. The Morgan fingerprint density at radius 1 is 0.565 bits per heavy atom. The fourth-order valence-electron chi connectivity index (χ4n) is 9.71. The molecule has 2 unspecified atom stereocenters. The molecule has 0 radical (unpaired) electrons. The van der Waals surface area contributed by atoms with E-state index in [0.29, 0.717) is 7.35 Å². The van der Waals surface area contributed by atoms with Crippen LogP contribution in [0.3, 0.4) is 0 Å². The zero-order valence-electron chi connectivity index (χ0n) is 30.2. The van der Waals surface area contributed by atoms with Crippen LogP contribution < -0.4 is 0 Å². The topological polar surface area (TPSA) is 0 Å². The summed E-state index contributed by atoms with van der Waals surface area (Å²) in [5.41, 5.74) is 14.4. The van der Waals surface area contributed by atoms with Gasteiger partial charge in [0, 0.05) is 0 Å². The van der Waals surface area contributed by atoms with Crippen molar-refractivity contribution >= 4 is 19.1 Å². The van der Waals surface area contributed by atoms with Gasteiger partial charge in [-0.2, -0.15) is 0 Å². The number of hydrogen-bond acceptors (Lipinski definition) is 0. The van der Waals surface area contributed by atoms with Crippen LogP contribution in [0, 0.1) is 0 Å². The number of fused-ring (bicyclic) bond motifs is 2. The number of allylic oxidation sites excluding steroid dienone is 2. The summed E-state index contributed by atoms with van der Waals surface area (Å²) >= 11 is -4.90. The second-order valence-corrected chi connectivity index (χ2v) is 102. The molecular formula is C44H56HfSi. The van der Waals surface area contributed by atoms with Gasteiger partial charge in [0.05, 0.1) is 0 Å². The van der Waals surface area contributed by atoms with Gasteiger partial charge < -0.3 is 0 Å². The second-order valence-electron chi connectivity index (χ2n) is 20.3. The van der Waals surface area contributed by atoms with E-state index in [-0.39, 0.29) is 10.8 Å². The quantitative estimate of drug-likeness (QED) is 0.171. The van der Waals surface area contributed by atoms with Crippen LogP contribution in [0.15, 0.2) is 97.1 Å². The summed E-state index contributed by atoms with van der Waals surface area (Å²) in [7, 11) is 0. The molecule has 0 spiro atoms. The van der Waals surface area contributed by atoms with Crippen molar-refractivity contribution in [1.29, 1.82) is 0 Å². The molecule has 0 amide bonds. The Bertz CT molecular complexity index is 1900. The summed E-state index contributed by atoms with van der Waals surface area (Å²) in [4.78, 5) is 0. The third kappa shape index (κ3) is 5.18. The first-order valence-corrected chi connectivity index (χ1v) is 43.4. The van der Waals surface area contributed by atoms with E-state index in [1.807, 2.05) is 0 Å². The van der Waals surface area contributed by atoms with Crippen molar-refractivity contribution < 1.29 is 14.2 Å². The van der Waals surface area contributed by atoms with E-state index in [1.165, 1.54) is 66.2 Å². The SMILES string of the molecule is CC[CH2][Hf]([CH3])([CH3])([CH3])(=[SiH2])([CH]1C=Cc2c(-c3ccc(C(C)(C)C)cc3)cccc21)[CH]1C=Cc2c(-c3ccc(C(C)(C)C)cc3)cccc21. The first kappa shape index (κ1) is 33.4. The van der Waals surface area contributed by atoms with Gasteiger partial charge in [0.1, 0.15) is 0 Å². The Kier molecular flexibility index (Phi) is 7.07. The van der Waals surface area contributed by atoms with E-state index in [1.54, 1.807) is 0 Å². The van der Waals surface area contributed by atoms with E-state index in [4.69, 9.17) is 0 Å². The van der Waals surface area contributed by atoms with Crippen molar-refractivity contribution in [2.24, 2.45) is 0 Å². The predicted octanol–water partition coefficient (Wildman–Crippen LogP) is 12.7. The van der Waals surface area contributed by atoms with Gasteiger partial charge in [0.15, 0.2) is 0 Å². The average molecular weight is 792 g/mol. The van der Waals surface area contributed by atoms with Crippen molar-refractivity contribution in [3.8, 4) is 22.3 Å². The first-order chi connectivity index (χ1) is 21.2. The molecule has 0 N–H and O–H groups in total. The number of hydrogen-bond donors (Lipinski definition) is 0. The minimum atomic E-state index is -4.90. The third-order valence-corrected chi connectivity index (χ3v) is 59.1. The van der Waals surface area contributed by atoms with Crippen molar-refractivity contribution in [3.63, 3.8) is 0 Å². The summed E-state index contributed by atoms with van der Waals surface area (Å²) in [6.07, 6.45) is 11.4. The van der Waals surface area contributed by atoms with Gasteiger partial charge in [-0.05, 0) is 0 Å². The maximum absolute atomic E-state index is 4.90. The molecule has 0 aliphatic heterocycles. The van der Waals surface area contributed by atoms with Crippen LogP contribution in [0.5, 0.6) is 0 Å². The van der Waals surface area contributed by atoms with Crippen LogP contribution >= 0.6 is 0 Å². The molecule has 0 aromatic heterocycles. The summed E-state index contributed by atoms with van der Waals surface area (Å²) in [5.74, 6) is 0. The monoisotopic (exact) mass is 792 g/mol. The average Bonchev–Trinajstić information content (AvgIpc) is 3.63. The summed E-state index contributed by atoms with van der Waals surface area (Å²) in [5, 5.41) is 0. The van der Waals surface area contributed by atoms with Gasteiger partial charge in [0.2, 0.25) is 0 Å².